The maximum Gasteiger partial charge on any atom is 0.202 e. The van der Waals surface area contributed by atoms with Crippen molar-refractivity contribution in [1.29, 1.82) is 0 Å². The van der Waals surface area contributed by atoms with Crippen LogP contribution in [0, 0.1) is 0 Å². The Morgan fingerprint density at radius 3 is 3.00 bits per heavy atom. The zero-order chi connectivity index (χ0) is 11.0. The Labute approximate surface area is 107 Å². The minimum atomic E-state index is 0.628. The van der Waals surface area contributed by atoms with Gasteiger partial charge >= 0.3 is 0 Å². The zero-order valence-electron chi connectivity index (χ0n) is 8.44. The highest BCUT2D eigenvalue weighted by atomic mass is 35.5. The minimum Gasteiger partial charge on any atom is -0.355 e. The average Bonchev–Trinajstić information content (AvgIpc) is 2.87. The number of hydrogen-bond acceptors (Lipinski definition) is 5. The summed E-state index contributed by atoms with van der Waals surface area (Å²) in [7, 11) is 0. The molecule has 1 N–H and O–H groups in total. The lowest BCUT2D eigenvalue weighted by Crippen LogP contribution is -1.96. The number of thiophene rings is 1. The molecule has 0 unspecified atom stereocenters. The number of rotatable bonds is 4. The van der Waals surface area contributed by atoms with Gasteiger partial charge in [0.05, 0.1) is 10.9 Å². The summed E-state index contributed by atoms with van der Waals surface area (Å²) >= 11 is 8.90. The van der Waals surface area contributed by atoms with Gasteiger partial charge in [-0.2, -0.15) is 4.37 Å². The van der Waals surface area contributed by atoms with Crippen molar-refractivity contribution in [3.8, 4) is 0 Å². The highest BCUT2D eigenvalue weighted by Crippen LogP contribution is 2.39. The van der Waals surface area contributed by atoms with Crippen LogP contribution >= 0.6 is 34.5 Å². The third kappa shape index (κ3) is 2.36. The lowest BCUT2D eigenvalue weighted by Gasteiger charge is -1.97. The SMILES string of the molecule is Clc1ccc(CNc2nc(C3CC3)ns2)s1. The summed E-state index contributed by atoms with van der Waals surface area (Å²) in [6.07, 6.45) is 2.49. The van der Waals surface area contributed by atoms with Gasteiger partial charge in [0.25, 0.3) is 0 Å². The van der Waals surface area contributed by atoms with Crippen molar-refractivity contribution in [3.63, 3.8) is 0 Å². The molecule has 84 valence electrons. The summed E-state index contributed by atoms with van der Waals surface area (Å²) in [5.41, 5.74) is 0. The number of nitrogens with one attached hydrogen (secondary N) is 1. The van der Waals surface area contributed by atoms with Crippen LogP contribution in [0.15, 0.2) is 12.1 Å². The monoisotopic (exact) mass is 271 g/mol. The molecule has 0 bridgehead atoms. The van der Waals surface area contributed by atoms with Crippen molar-refractivity contribution in [2.75, 3.05) is 5.32 Å². The first kappa shape index (κ1) is 10.5. The summed E-state index contributed by atoms with van der Waals surface area (Å²) < 4.78 is 5.17. The summed E-state index contributed by atoms with van der Waals surface area (Å²) in [5.74, 6) is 1.64. The molecule has 0 atom stereocenters. The van der Waals surface area contributed by atoms with Crippen LogP contribution in [0.2, 0.25) is 4.34 Å². The molecule has 0 spiro atoms. The van der Waals surface area contributed by atoms with E-state index >= 15 is 0 Å². The molecule has 6 heteroatoms. The average molecular weight is 272 g/mol. The van der Waals surface area contributed by atoms with Crippen LogP contribution in [0.5, 0.6) is 0 Å². The topological polar surface area (TPSA) is 37.8 Å². The molecule has 2 aromatic heterocycles. The fourth-order valence-corrected chi connectivity index (χ4v) is 3.09. The largest absolute Gasteiger partial charge is 0.355 e. The summed E-state index contributed by atoms with van der Waals surface area (Å²) in [5, 5.41) is 4.18. The van der Waals surface area contributed by atoms with Crippen LogP contribution in [-0.2, 0) is 6.54 Å². The van der Waals surface area contributed by atoms with E-state index in [-0.39, 0.29) is 0 Å². The predicted octanol–water partition coefficient (Wildman–Crippen LogP) is 3.74. The molecule has 16 heavy (non-hydrogen) atoms. The fraction of sp³-hybridized carbons (Fsp3) is 0.400. The maximum atomic E-state index is 5.86. The molecule has 1 fully saturated rings. The Kier molecular flexibility index (Phi) is 2.83. The first-order valence-corrected chi connectivity index (χ1v) is 7.10. The number of aromatic nitrogens is 2. The molecule has 0 radical (unpaired) electrons. The summed E-state index contributed by atoms with van der Waals surface area (Å²) in [6, 6.07) is 3.95. The third-order valence-corrected chi connectivity index (χ3v) is 4.34. The zero-order valence-corrected chi connectivity index (χ0v) is 10.8. The molecule has 0 amide bonds. The van der Waals surface area contributed by atoms with E-state index in [2.05, 4.69) is 14.7 Å². The maximum absolute atomic E-state index is 5.86. The second kappa shape index (κ2) is 4.31. The van der Waals surface area contributed by atoms with Crippen LogP contribution in [0.3, 0.4) is 0 Å². The number of hydrogen-bond donors (Lipinski definition) is 1. The standard InChI is InChI=1S/C10H10ClN3S2/c11-8-4-3-7(15-8)5-12-10-13-9(14-16-10)6-1-2-6/h3-4,6H,1-2,5H2,(H,12,13,14). The van der Waals surface area contributed by atoms with Gasteiger partial charge in [-0.1, -0.05) is 11.6 Å². The Morgan fingerprint density at radius 1 is 1.44 bits per heavy atom. The van der Waals surface area contributed by atoms with E-state index in [9.17, 15) is 0 Å². The molecular formula is C10H10ClN3S2. The Balaban J connectivity index is 1.61. The normalized spacial score (nSPS) is 15.3. The number of anilines is 1. The second-order valence-corrected chi connectivity index (χ2v) is 6.34. The van der Waals surface area contributed by atoms with Crippen molar-refractivity contribution in [1.82, 2.24) is 9.36 Å². The van der Waals surface area contributed by atoms with Crippen LogP contribution in [0.1, 0.15) is 29.5 Å². The number of halogens is 1. The molecule has 2 heterocycles. The first-order chi connectivity index (χ1) is 7.81. The van der Waals surface area contributed by atoms with Crippen molar-refractivity contribution in [2.24, 2.45) is 0 Å². The molecule has 3 rings (SSSR count). The van der Waals surface area contributed by atoms with Crippen molar-refractivity contribution in [2.45, 2.75) is 25.3 Å². The van der Waals surface area contributed by atoms with E-state index in [4.69, 9.17) is 11.6 Å². The molecule has 2 aromatic rings. The van der Waals surface area contributed by atoms with E-state index in [0.29, 0.717) is 5.92 Å². The first-order valence-electron chi connectivity index (χ1n) is 5.13. The van der Waals surface area contributed by atoms with E-state index in [1.165, 1.54) is 29.3 Å². The Bertz CT molecular complexity index is 490. The van der Waals surface area contributed by atoms with Gasteiger partial charge in [0.2, 0.25) is 5.13 Å². The molecule has 3 nitrogen and oxygen atoms in total. The van der Waals surface area contributed by atoms with E-state index in [1.807, 2.05) is 12.1 Å². The highest BCUT2D eigenvalue weighted by molar-refractivity contribution is 7.16. The fourth-order valence-electron chi connectivity index (χ4n) is 1.42. The van der Waals surface area contributed by atoms with Crippen molar-refractivity contribution >= 4 is 39.6 Å². The molecule has 1 saturated carbocycles. The second-order valence-electron chi connectivity index (χ2n) is 3.79. The van der Waals surface area contributed by atoms with Crippen LogP contribution in [-0.4, -0.2) is 9.36 Å². The quantitative estimate of drug-likeness (QED) is 0.920. The number of nitrogens with zero attached hydrogens (tertiary/aromatic N) is 2. The van der Waals surface area contributed by atoms with Gasteiger partial charge in [0.1, 0.15) is 5.82 Å². The molecule has 0 aromatic carbocycles. The molecule has 1 aliphatic rings. The third-order valence-electron chi connectivity index (χ3n) is 2.43. The summed E-state index contributed by atoms with van der Waals surface area (Å²) in [4.78, 5) is 5.68. The molecular weight excluding hydrogens is 262 g/mol. The van der Waals surface area contributed by atoms with E-state index in [1.54, 1.807) is 11.3 Å². The smallest absolute Gasteiger partial charge is 0.202 e. The van der Waals surface area contributed by atoms with Gasteiger partial charge in [0, 0.05) is 22.3 Å². The van der Waals surface area contributed by atoms with Gasteiger partial charge in [-0.25, -0.2) is 4.98 Å². The van der Waals surface area contributed by atoms with Crippen molar-refractivity contribution < 1.29 is 0 Å². The van der Waals surface area contributed by atoms with Crippen LogP contribution in [0.4, 0.5) is 5.13 Å². The van der Waals surface area contributed by atoms with Gasteiger partial charge in [-0.3, -0.25) is 0 Å². The van der Waals surface area contributed by atoms with Gasteiger partial charge < -0.3 is 5.32 Å². The van der Waals surface area contributed by atoms with Gasteiger partial charge in [0.15, 0.2) is 0 Å². The molecule has 0 saturated heterocycles. The lowest BCUT2D eigenvalue weighted by atomic mass is 10.4. The van der Waals surface area contributed by atoms with Crippen LogP contribution in [0.25, 0.3) is 0 Å². The van der Waals surface area contributed by atoms with Gasteiger partial charge in [-0.05, 0) is 25.0 Å². The Hall–Kier alpha value is -0.650. The van der Waals surface area contributed by atoms with Crippen molar-refractivity contribution in [3.05, 3.63) is 27.2 Å². The molecule has 1 aliphatic carbocycles. The molecule has 0 aliphatic heterocycles. The Morgan fingerprint density at radius 2 is 2.31 bits per heavy atom. The lowest BCUT2D eigenvalue weighted by molar-refractivity contribution is 0.981. The van der Waals surface area contributed by atoms with E-state index < -0.39 is 0 Å². The predicted molar refractivity (Wildman–Crippen MR) is 68.5 cm³/mol. The highest BCUT2D eigenvalue weighted by Gasteiger charge is 2.27. The van der Waals surface area contributed by atoms with Crippen LogP contribution < -0.4 is 5.32 Å². The summed E-state index contributed by atoms with van der Waals surface area (Å²) in [6.45, 7) is 0.774. The van der Waals surface area contributed by atoms with E-state index in [0.717, 1.165) is 21.8 Å². The minimum absolute atomic E-state index is 0.628. The van der Waals surface area contributed by atoms with Gasteiger partial charge in [-0.15, -0.1) is 11.3 Å².